The molecule has 6 nitrogen and oxygen atoms in total. The normalized spacial score (nSPS) is 10.3. The lowest BCUT2D eigenvalue weighted by molar-refractivity contribution is -0.134. The molecule has 0 spiro atoms. The number of nitrogens with one attached hydrogen (secondary N) is 2. The first-order valence-electron chi connectivity index (χ1n) is 9.06. The zero-order chi connectivity index (χ0) is 19.5. The maximum atomic E-state index is 12.1. The third-order valence-corrected chi connectivity index (χ3v) is 4.03. The van der Waals surface area contributed by atoms with Crippen molar-refractivity contribution in [1.82, 2.24) is 10.8 Å². The molecule has 6 heteroatoms. The van der Waals surface area contributed by atoms with Crippen LogP contribution in [0.3, 0.4) is 0 Å². The monoisotopic (exact) mass is 369 g/mol. The van der Waals surface area contributed by atoms with Crippen LogP contribution < -0.4 is 15.7 Å². The summed E-state index contributed by atoms with van der Waals surface area (Å²) in [5, 5.41) is 2.87. The molecule has 0 aliphatic heterocycles. The minimum absolute atomic E-state index is 0.101. The van der Waals surface area contributed by atoms with Crippen LogP contribution in [0.2, 0.25) is 0 Å². The third kappa shape index (κ3) is 7.50. The van der Waals surface area contributed by atoms with Crippen LogP contribution in [0.5, 0.6) is 0 Å². The van der Waals surface area contributed by atoms with Gasteiger partial charge >= 0.3 is 0 Å². The van der Waals surface area contributed by atoms with E-state index in [1.807, 2.05) is 73.6 Å². The molecule has 2 amide bonds. The summed E-state index contributed by atoms with van der Waals surface area (Å²) in [7, 11) is 3.91. The highest BCUT2D eigenvalue weighted by Crippen LogP contribution is 2.12. The van der Waals surface area contributed by atoms with Crippen LogP contribution in [0, 0.1) is 0 Å². The lowest BCUT2D eigenvalue weighted by atomic mass is 10.2. The molecule has 0 saturated carbocycles. The Hall–Kier alpha value is -2.86. The Morgan fingerprint density at radius 2 is 1.67 bits per heavy atom. The van der Waals surface area contributed by atoms with Crippen LogP contribution >= 0.6 is 0 Å². The van der Waals surface area contributed by atoms with Crippen LogP contribution in [-0.4, -0.2) is 32.5 Å². The van der Waals surface area contributed by atoms with Gasteiger partial charge in [0.25, 0.3) is 5.91 Å². The highest BCUT2D eigenvalue weighted by molar-refractivity contribution is 5.94. The predicted octanol–water partition coefficient (Wildman–Crippen LogP) is 2.90. The zero-order valence-corrected chi connectivity index (χ0v) is 15.9. The van der Waals surface area contributed by atoms with Crippen LogP contribution in [0.1, 0.15) is 35.2 Å². The van der Waals surface area contributed by atoms with E-state index >= 15 is 0 Å². The summed E-state index contributed by atoms with van der Waals surface area (Å²) in [5.41, 5.74) is 5.12. The number of benzene rings is 2. The summed E-state index contributed by atoms with van der Waals surface area (Å²) in [6.07, 6.45) is 1.77. The smallest absolute Gasteiger partial charge is 0.251 e. The second kappa shape index (κ2) is 11.0. The number of carbonyl (C=O) groups excluding carboxylic acids is 2. The summed E-state index contributed by atoms with van der Waals surface area (Å²) < 4.78 is 0. The van der Waals surface area contributed by atoms with Crippen molar-refractivity contribution in [2.24, 2.45) is 0 Å². The van der Waals surface area contributed by atoms with Crippen molar-refractivity contribution in [3.63, 3.8) is 0 Å². The van der Waals surface area contributed by atoms with Crippen LogP contribution in [0.15, 0.2) is 54.6 Å². The molecule has 0 saturated heterocycles. The van der Waals surface area contributed by atoms with Gasteiger partial charge < -0.3 is 10.2 Å². The van der Waals surface area contributed by atoms with Crippen molar-refractivity contribution in [3.05, 3.63) is 65.7 Å². The van der Waals surface area contributed by atoms with Gasteiger partial charge in [-0.05, 0) is 42.7 Å². The van der Waals surface area contributed by atoms with Gasteiger partial charge in [0.1, 0.15) is 0 Å². The van der Waals surface area contributed by atoms with Crippen LogP contribution in [-0.2, 0) is 16.2 Å². The standard InChI is InChI=1S/C21H27N3O3/c1-24(2)19-13-11-18(12-14-19)21(26)22-15-7-6-10-20(25)23-27-16-17-8-4-3-5-9-17/h3-5,8-9,11-14H,6-7,10,15-16H2,1-2H3,(H,22,26)(H,23,25). The molecule has 0 aliphatic rings. The van der Waals surface area contributed by atoms with Gasteiger partial charge in [0.05, 0.1) is 6.61 Å². The molecular formula is C21H27N3O3. The van der Waals surface area contributed by atoms with E-state index in [1.54, 1.807) is 0 Å². The first-order chi connectivity index (χ1) is 13.1. The maximum absolute atomic E-state index is 12.1. The number of amides is 2. The van der Waals surface area contributed by atoms with Gasteiger partial charge in [0, 0.05) is 38.3 Å². The van der Waals surface area contributed by atoms with Gasteiger partial charge in [-0.3, -0.25) is 14.4 Å². The topological polar surface area (TPSA) is 70.7 Å². The first-order valence-corrected chi connectivity index (χ1v) is 9.06. The number of rotatable bonds is 10. The van der Waals surface area contributed by atoms with Gasteiger partial charge in [-0.2, -0.15) is 0 Å². The van der Waals surface area contributed by atoms with E-state index in [-0.39, 0.29) is 11.8 Å². The Labute approximate surface area is 160 Å². The number of unbranched alkanes of at least 4 members (excludes halogenated alkanes) is 1. The Morgan fingerprint density at radius 3 is 2.33 bits per heavy atom. The number of anilines is 1. The molecule has 2 N–H and O–H groups in total. The lowest BCUT2D eigenvalue weighted by Crippen LogP contribution is -2.26. The second-order valence-electron chi connectivity index (χ2n) is 6.45. The molecule has 0 radical (unpaired) electrons. The van der Waals surface area contributed by atoms with Crippen molar-refractivity contribution in [2.75, 3.05) is 25.5 Å². The van der Waals surface area contributed by atoms with Gasteiger partial charge in [-0.15, -0.1) is 0 Å². The van der Waals surface area contributed by atoms with Gasteiger partial charge in [0.15, 0.2) is 0 Å². The highest BCUT2D eigenvalue weighted by atomic mass is 16.6. The Kier molecular flexibility index (Phi) is 8.32. The minimum atomic E-state index is -0.156. The summed E-state index contributed by atoms with van der Waals surface area (Å²) in [4.78, 5) is 31.0. The molecule has 27 heavy (non-hydrogen) atoms. The highest BCUT2D eigenvalue weighted by Gasteiger charge is 2.06. The first kappa shape index (κ1) is 20.5. The average Bonchev–Trinajstić information content (AvgIpc) is 2.68. The quantitative estimate of drug-likeness (QED) is 0.499. The van der Waals surface area contributed by atoms with Crippen molar-refractivity contribution in [3.8, 4) is 0 Å². The third-order valence-electron chi connectivity index (χ3n) is 4.03. The van der Waals surface area contributed by atoms with Gasteiger partial charge in [-0.25, -0.2) is 5.48 Å². The number of hydrogen-bond acceptors (Lipinski definition) is 4. The summed E-state index contributed by atoms with van der Waals surface area (Å²) in [6, 6.07) is 17.1. The molecule has 0 aliphatic carbocycles. The maximum Gasteiger partial charge on any atom is 0.251 e. The minimum Gasteiger partial charge on any atom is -0.378 e. The van der Waals surface area contributed by atoms with E-state index in [9.17, 15) is 9.59 Å². The summed E-state index contributed by atoms with van der Waals surface area (Å²) in [5.74, 6) is -0.257. The Balaban J connectivity index is 1.55. The lowest BCUT2D eigenvalue weighted by Gasteiger charge is -2.12. The van der Waals surface area contributed by atoms with Gasteiger partial charge in [-0.1, -0.05) is 30.3 Å². The fourth-order valence-corrected chi connectivity index (χ4v) is 2.45. The van der Waals surface area contributed by atoms with Crippen molar-refractivity contribution < 1.29 is 14.4 Å². The molecule has 2 aromatic rings. The van der Waals surface area contributed by atoms with E-state index in [0.717, 1.165) is 17.7 Å². The number of hydroxylamine groups is 1. The fourth-order valence-electron chi connectivity index (χ4n) is 2.45. The van der Waals surface area contributed by atoms with Crippen molar-refractivity contribution in [2.45, 2.75) is 25.9 Å². The van der Waals surface area contributed by atoms with Crippen molar-refractivity contribution in [1.29, 1.82) is 0 Å². The molecule has 0 heterocycles. The number of carbonyl (C=O) groups is 2. The zero-order valence-electron chi connectivity index (χ0n) is 15.9. The summed E-state index contributed by atoms with van der Waals surface area (Å²) >= 11 is 0. The Bertz CT molecular complexity index is 715. The molecule has 0 bridgehead atoms. The number of hydrogen-bond donors (Lipinski definition) is 2. The largest absolute Gasteiger partial charge is 0.378 e. The molecule has 0 unspecified atom stereocenters. The Morgan fingerprint density at radius 1 is 0.963 bits per heavy atom. The predicted molar refractivity (Wildman–Crippen MR) is 106 cm³/mol. The van der Waals surface area contributed by atoms with Crippen LogP contribution in [0.4, 0.5) is 5.69 Å². The molecule has 0 fully saturated rings. The van der Waals surface area contributed by atoms with E-state index in [2.05, 4.69) is 10.8 Å². The van der Waals surface area contributed by atoms with Gasteiger partial charge in [0.2, 0.25) is 5.91 Å². The van der Waals surface area contributed by atoms with E-state index in [4.69, 9.17) is 4.84 Å². The molecule has 2 rings (SSSR count). The number of nitrogens with zero attached hydrogens (tertiary/aromatic N) is 1. The molecule has 0 aromatic heterocycles. The summed E-state index contributed by atoms with van der Waals surface area (Å²) in [6.45, 7) is 0.877. The van der Waals surface area contributed by atoms with E-state index in [1.165, 1.54) is 0 Å². The van der Waals surface area contributed by atoms with Crippen LogP contribution in [0.25, 0.3) is 0 Å². The van der Waals surface area contributed by atoms with Crippen molar-refractivity contribution >= 4 is 17.5 Å². The SMILES string of the molecule is CN(C)c1ccc(C(=O)NCCCCC(=O)NOCc2ccccc2)cc1. The molecular weight excluding hydrogens is 342 g/mol. The molecule has 144 valence electrons. The second-order valence-corrected chi connectivity index (χ2v) is 6.45. The molecule has 2 aromatic carbocycles. The molecule has 0 atom stereocenters. The van der Waals surface area contributed by atoms with E-state index < -0.39 is 0 Å². The average molecular weight is 369 g/mol. The van der Waals surface area contributed by atoms with E-state index in [0.29, 0.717) is 31.6 Å². The fraction of sp³-hybridized carbons (Fsp3) is 0.333.